The molecule has 2 aromatic rings. The maximum absolute atomic E-state index is 13.3. The lowest BCUT2D eigenvalue weighted by Gasteiger charge is -2.12. The van der Waals surface area contributed by atoms with Gasteiger partial charge in [0.15, 0.2) is 0 Å². The maximum atomic E-state index is 13.3. The molecule has 0 spiro atoms. The first-order valence-electron chi connectivity index (χ1n) is 5.81. The van der Waals surface area contributed by atoms with Crippen LogP contribution in [0.2, 0.25) is 5.02 Å². The first kappa shape index (κ1) is 15.6. The van der Waals surface area contributed by atoms with Crippen LogP contribution >= 0.6 is 27.5 Å². The Labute approximate surface area is 134 Å². The second kappa shape index (κ2) is 6.32. The summed E-state index contributed by atoms with van der Waals surface area (Å²) in [6, 6.07) is 7.22. The molecule has 0 saturated carbocycles. The number of carbonyl (C=O) groups is 1. The van der Waals surface area contributed by atoms with Gasteiger partial charge < -0.3 is 15.8 Å². The number of amides is 1. The molecule has 0 bridgehead atoms. The van der Waals surface area contributed by atoms with Gasteiger partial charge in [0, 0.05) is 9.50 Å². The van der Waals surface area contributed by atoms with Crippen LogP contribution < -0.4 is 15.8 Å². The zero-order valence-electron chi connectivity index (χ0n) is 10.9. The van der Waals surface area contributed by atoms with E-state index in [1.165, 1.54) is 13.2 Å². The maximum Gasteiger partial charge on any atom is 0.256 e. The molecule has 21 heavy (non-hydrogen) atoms. The Hall–Kier alpha value is -1.79. The molecule has 0 aromatic heterocycles. The van der Waals surface area contributed by atoms with Crippen LogP contribution in [0.25, 0.3) is 0 Å². The van der Waals surface area contributed by atoms with Crippen LogP contribution in [0.4, 0.5) is 15.8 Å². The largest absolute Gasteiger partial charge is 0.495 e. The molecule has 0 atom stereocenters. The third-order valence-corrected chi connectivity index (χ3v) is 3.63. The Morgan fingerprint density at radius 1 is 1.38 bits per heavy atom. The van der Waals surface area contributed by atoms with E-state index in [0.29, 0.717) is 20.9 Å². The number of nitrogens with two attached hydrogens (primary N) is 1. The molecule has 3 N–H and O–H groups in total. The molecule has 0 aliphatic heterocycles. The zero-order valence-corrected chi connectivity index (χ0v) is 13.3. The fourth-order valence-corrected chi connectivity index (χ4v) is 2.37. The van der Waals surface area contributed by atoms with E-state index >= 15 is 0 Å². The van der Waals surface area contributed by atoms with Crippen LogP contribution in [-0.2, 0) is 0 Å². The third-order valence-electron chi connectivity index (χ3n) is 2.74. The Bertz CT molecular complexity index is 710. The molecular weight excluding hydrogens is 363 g/mol. The van der Waals surface area contributed by atoms with Crippen LogP contribution in [0.3, 0.4) is 0 Å². The monoisotopic (exact) mass is 372 g/mol. The van der Waals surface area contributed by atoms with Gasteiger partial charge in [-0.3, -0.25) is 4.79 Å². The normalized spacial score (nSPS) is 10.3. The van der Waals surface area contributed by atoms with Gasteiger partial charge >= 0.3 is 0 Å². The average molecular weight is 374 g/mol. The highest BCUT2D eigenvalue weighted by Crippen LogP contribution is 2.29. The van der Waals surface area contributed by atoms with Crippen molar-refractivity contribution in [3.05, 3.63) is 51.2 Å². The summed E-state index contributed by atoms with van der Waals surface area (Å²) in [7, 11) is 1.48. The number of hydrogen-bond donors (Lipinski definition) is 2. The van der Waals surface area contributed by atoms with Crippen LogP contribution in [0.1, 0.15) is 10.4 Å². The number of rotatable bonds is 3. The minimum absolute atomic E-state index is 0.110. The number of hydrogen-bond acceptors (Lipinski definition) is 3. The fraction of sp³-hybridized carbons (Fsp3) is 0.0714. The summed E-state index contributed by atoms with van der Waals surface area (Å²) >= 11 is 9.03. The standard InChI is InChI=1S/C14H11BrClFN2O2/c1-21-13-3-2-7(16)4-12(13)19-14(20)8-5-11(18)10(17)6-9(8)15/h2-6H,18H2,1H3,(H,19,20). The van der Waals surface area contributed by atoms with E-state index < -0.39 is 11.7 Å². The van der Waals surface area contributed by atoms with Gasteiger partial charge in [0.1, 0.15) is 11.6 Å². The van der Waals surface area contributed by atoms with Gasteiger partial charge in [0.05, 0.1) is 24.0 Å². The molecule has 0 aliphatic rings. The molecule has 0 unspecified atom stereocenters. The number of benzene rings is 2. The highest BCUT2D eigenvalue weighted by Gasteiger charge is 2.15. The molecular formula is C14H11BrClFN2O2. The molecule has 2 aromatic carbocycles. The lowest BCUT2D eigenvalue weighted by Crippen LogP contribution is -2.14. The van der Waals surface area contributed by atoms with Crippen LogP contribution in [-0.4, -0.2) is 13.0 Å². The van der Waals surface area contributed by atoms with Gasteiger partial charge in [-0.2, -0.15) is 0 Å². The summed E-state index contributed by atoms with van der Waals surface area (Å²) in [5.74, 6) is -0.605. The van der Waals surface area contributed by atoms with Crippen molar-refractivity contribution >= 4 is 44.8 Å². The SMILES string of the molecule is COc1ccc(Cl)cc1NC(=O)c1cc(N)c(F)cc1Br. The first-order valence-corrected chi connectivity index (χ1v) is 6.99. The average Bonchev–Trinajstić information content (AvgIpc) is 2.43. The molecule has 110 valence electrons. The summed E-state index contributed by atoms with van der Waals surface area (Å²) in [4.78, 5) is 12.3. The van der Waals surface area contributed by atoms with E-state index in [-0.39, 0.29) is 11.3 Å². The van der Waals surface area contributed by atoms with Crippen molar-refractivity contribution in [3.63, 3.8) is 0 Å². The lowest BCUT2D eigenvalue weighted by atomic mass is 10.1. The molecule has 4 nitrogen and oxygen atoms in total. The summed E-state index contributed by atoms with van der Waals surface area (Å²) in [5, 5.41) is 3.10. The molecule has 0 radical (unpaired) electrons. The van der Waals surface area contributed by atoms with Crippen molar-refractivity contribution in [1.29, 1.82) is 0 Å². The minimum atomic E-state index is -0.598. The Kier molecular flexibility index (Phi) is 4.69. The minimum Gasteiger partial charge on any atom is -0.495 e. The Balaban J connectivity index is 2.34. The van der Waals surface area contributed by atoms with Crippen molar-refractivity contribution in [2.24, 2.45) is 0 Å². The smallest absolute Gasteiger partial charge is 0.256 e. The van der Waals surface area contributed by atoms with Gasteiger partial charge in [-0.25, -0.2) is 4.39 Å². The molecule has 0 heterocycles. The zero-order chi connectivity index (χ0) is 15.6. The predicted octanol–water partition coefficient (Wildman–Crippen LogP) is 4.08. The lowest BCUT2D eigenvalue weighted by molar-refractivity contribution is 0.102. The summed E-state index contributed by atoms with van der Waals surface area (Å²) < 4.78 is 18.7. The van der Waals surface area contributed by atoms with Gasteiger partial charge in [0.25, 0.3) is 5.91 Å². The molecule has 0 saturated heterocycles. The van der Waals surface area contributed by atoms with Crippen molar-refractivity contribution in [3.8, 4) is 5.75 Å². The summed E-state index contributed by atoms with van der Waals surface area (Å²) in [5.41, 5.74) is 5.98. The van der Waals surface area contributed by atoms with Gasteiger partial charge in [-0.05, 0) is 46.3 Å². The van der Waals surface area contributed by atoms with E-state index in [2.05, 4.69) is 21.2 Å². The molecule has 7 heteroatoms. The second-order valence-electron chi connectivity index (χ2n) is 4.15. The van der Waals surface area contributed by atoms with Crippen LogP contribution in [0, 0.1) is 5.82 Å². The fourth-order valence-electron chi connectivity index (χ4n) is 1.71. The van der Waals surface area contributed by atoms with Crippen molar-refractivity contribution in [2.45, 2.75) is 0 Å². The number of halogens is 3. The Morgan fingerprint density at radius 3 is 2.76 bits per heavy atom. The number of methoxy groups -OCH3 is 1. The molecule has 2 rings (SSSR count). The number of nitrogens with one attached hydrogen (secondary N) is 1. The van der Waals surface area contributed by atoms with Gasteiger partial charge in [-0.15, -0.1) is 0 Å². The topological polar surface area (TPSA) is 64.3 Å². The molecule has 0 fully saturated rings. The van der Waals surface area contributed by atoms with Crippen molar-refractivity contribution in [2.75, 3.05) is 18.2 Å². The van der Waals surface area contributed by atoms with Crippen molar-refractivity contribution < 1.29 is 13.9 Å². The number of carbonyl (C=O) groups excluding carboxylic acids is 1. The highest BCUT2D eigenvalue weighted by molar-refractivity contribution is 9.10. The predicted molar refractivity (Wildman–Crippen MR) is 84.5 cm³/mol. The summed E-state index contributed by atoms with van der Waals surface area (Å²) in [6.07, 6.45) is 0. The van der Waals surface area contributed by atoms with E-state index in [9.17, 15) is 9.18 Å². The van der Waals surface area contributed by atoms with E-state index in [4.69, 9.17) is 22.1 Å². The summed E-state index contributed by atoms with van der Waals surface area (Å²) in [6.45, 7) is 0. The first-order chi connectivity index (χ1) is 9.92. The molecule has 1 amide bonds. The number of ether oxygens (including phenoxy) is 1. The van der Waals surface area contributed by atoms with E-state index in [0.717, 1.165) is 6.07 Å². The van der Waals surface area contributed by atoms with Gasteiger partial charge in [-0.1, -0.05) is 11.6 Å². The Morgan fingerprint density at radius 2 is 2.10 bits per heavy atom. The van der Waals surface area contributed by atoms with Gasteiger partial charge in [0.2, 0.25) is 0 Å². The third kappa shape index (κ3) is 3.46. The van der Waals surface area contributed by atoms with Crippen LogP contribution in [0.15, 0.2) is 34.8 Å². The highest BCUT2D eigenvalue weighted by atomic mass is 79.9. The number of nitrogen functional groups attached to an aromatic ring is 1. The van der Waals surface area contributed by atoms with E-state index in [1.807, 2.05) is 0 Å². The quantitative estimate of drug-likeness (QED) is 0.797. The van der Waals surface area contributed by atoms with Crippen LogP contribution in [0.5, 0.6) is 5.75 Å². The molecule has 0 aliphatic carbocycles. The van der Waals surface area contributed by atoms with E-state index in [1.54, 1.807) is 18.2 Å². The second-order valence-corrected chi connectivity index (χ2v) is 5.44. The number of anilines is 2. The van der Waals surface area contributed by atoms with Crippen molar-refractivity contribution in [1.82, 2.24) is 0 Å².